The Morgan fingerprint density at radius 1 is 0.903 bits per heavy atom. The molecule has 0 spiro atoms. The first-order valence-electron chi connectivity index (χ1n) is 9.00. The van der Waals surface area contributed by atoms with Crippen molar-refractivity contribution in [2.24, 2.45) is 0 Å². The number of alkyl halides is 4. The maximum atomic E-state index is 13.3. The number of aromatic nitrogens is 1. The van der Waals surface area contributed by atoms with E-state index in [9.17, 15) is 22.4 Å². The first kappa shape index (κ1) is 22.9. The van der Waals surface area contributed by atoms with Gasteiger partial charge in [-0.25, -0.2) is 0 Å². The molecule has 0 radical (unpaired) electrons. The highest BCUT2D eigenvalue weighted by Crippen LogP contribution is 2.35. The number of nitrogens with zero attached hydrogens (tertiary/aromatic N) is 1. The summed E-state index contributed by atoms with van der Waals surface area (Å²) >= 11 is 5.82. The Balaban J connectivity index is 2.02. The quantitative estimate of drug-likeness (QED) is 0.308. The highest BCUT2D eigenvalue weighted by molar-refractivity contribution is 6.30. The van der Waals surface area contributed by atoms with E-state index in [0.29, 0.717) is 10.6 Å². The molecule has 3 rings (SSSR count). The number of hydrogen-bond donors (Lipinski definition) is 0. The molecule has 0 saturated heterocycles. The highest BCUT2D eigenvalue weighted by Gasteiger charge is 2.41. The largest absolute Gasteiger partial charge is 0.346 e. The van der Waals surface area contributed by atoms with Crippen molar-refractivity contribution in [1.29, 1.82) is 0 Å². The standard InChI is InChI=1S/C22H16ClF4NO3/c23-17-9-6-14(7-10-17)19(29)15-8-11-18(28-12-15)22(31-21(26)27,13-30-20(24)25)16-4-2-1-3-5-16/h1-12,20-21H,13H2. The molecule has 1 atom stereocenters. The van der Waals surface area contributed by atoms with E-state index < -0.39 is 25.4 Å². The molecule has 0 saturated carbocycles. The zero-order chi connectivity index (χ0) is 22.4. The van der Waals surface area contributed by atoms with Gasteiger partial charge < -0.3 is 9.47 Å². The third-order valence-corrected chi connectivity index (χ3v) is 4.74. The Kier molecular flexibility index (Phi) is 7.37. The second-order valence-electron chi connectivity index (χ2n) is 6.41. The number of carbonyl (C=O) groups excluding carboxylic acids is 1. The molecule has 1 heterocycles. The van der Waals surface area contributed by atoms with Gasteiger partial charge in [-0.15, -0.1) is 0 Å². The van der Waals surface area contributed by atoms with Crippen molar-refractivity contribution < 1.29 is 31.8 Å². The Labute approximate surface area is 180 Å². The van der Waals surface area contributed by atoms with Crippen LogP contribution in [0.25, 0.3) is 0 Å². The van der Waals surface area contributed by atoms with Crippen LogP contribution in [0.1, 0.15) is 27.2 Å². The van der Waals surface area contributed by atoms with Crippen LogP contribution in [0.4, 0.5) is 17.6 Å². The van der Waals surface area contributed by atoms with Crippen LogP contribution < -0.4 is 0 Å². The van der Waals surface area contributed by atoms with Crippen LogP contribution in [0.2, 0.25) is 5.02 Å². The third-order valence-electron chi connectivity index (χ3n) is 4.49. The van der Waals surface area contributed by atoms with Gasteiger partial charge in [0, 0.05) is 22.3 Å². The zero-order valence-corrected chi connectivity index (χ0v) is 16.6. The van der Waals surface area contributed by atoms with Crippen molar-refractivity contribution in [3.05, 3.63) is 100 Å². The molecule has 0 aliphatic heterocycles. The lowest BCUT2D eigenvalue weighted by Gasteiger charge is -2.33. The number of ketones is 1. The fourth-order valence-corrected chi connectivity index (χ4v) is 3.17. The van der Waals surface area contributed by atoms with Gasteiger partial charge in [-0.2, -0.15) is 17.6 Å². The number of rotatable bonds is 9. The maximum Gasteiger partial charge on any atom is 0.346 e. The molecule has 0 fully saturated rings. The van der Waals surface area contributed by atoms with Gasteiger partial charge in [0.2, 0.25) is 0 Å². The summed E-state index contributed by atoms with van der Waals surface area (Å²) in [5.74, 6) is -0.375. The van der Waals surface area contributed by atoms with Crippen LogP contribution in [0.15, 0.2) is 72.9 Å². The third kappa shape index (κ3) is 5.46. The minimum atomic E-state index is -3.31. The number of ether oxygens (including phenoxy) is 2. The lowest BCUT2D eigenvalue weighted by molar-refractivity contribution is -0.240. The summed E-state index contributed by atoms with van der Waals surface area (Å²) in [7, 11) is 0. The Morgan fingerprint density at radius 3 is 2.10 bits per heavy atom. The molecule has 3 aromatic rings. The molecule has 1 unspecified atom stereocenters. The van der Waals surface area contributed by atoms with Crippen LogP contribution in [0, 0.1) is 0 Å². The van der Waals surface area contributed by atoms with Crippen LogP contribution in [0.3, 0.4) is 0 Å². The van der Waals surface area contributed by atoms with Crippen molar-refractivity contribution in [2.45, 2.75) is 18.8 Å². The predicted octanol–water partition coefficient (Wildman–Crippen LogP) is 5.69. The van der Waals surface area contributed by atoms with E-state index in [0.717, 1.165) is 0 Å². The van der Waals surface area contributed by atoms with Crippen LogP contribution in [-0.2, 0) is 15.1 Å². The number of hydrogen-bond acceptors (Lipinski definition) is 4. The predicted molar refractivity (Wildman–Crippen MR) is 105 cm³/mol. The summed E-state index contributed by atoms with van der Waals surface area (Å²) < 4.78 is 61.4. The van der Waals surface area contributed by atoms with E-state index in [-0.39, 0.29) is 22.6 Å². The van der Waals surface area contributed by atoms with Gasteiger partial charge in [0.25, 0.3) is 0 Å². The summed E-state index contributed by atoms with van der Waals surface area (Å²) in [6.45, 7) is -7.44. The fraction of sp³-hybridized carbons (Fsp3) is 0.182. The summed E-state index contributed by atoms with van der Waals surface area (Å²) in [4.78, 5) is 16.7. The van der Waals surface area contributed by atoms with Gasteiger partial charge in [0.1, 0.15) is 0 Å². The van der Waals surface area contributed by atoms with E-state index in [1.165, 1.54) is 42.6 Å². The van der Waals surface area contributed by atoms with Gasteiger partial charge in [0.15, 0.2) is 11.4 Å². The minimum absolute atomic E-state index is 0.118. The molecular formula is C22H16ClF4NO3. The van der Waals surface area contributed by atoms with E-state index in [1.807, 2.05) is 0 Å². The lowest BCUT2D eigenvalue weighted by atomic mass is 9.89. The van der Waals surface area contributed by atoms with Gasteiger partial charge >= 0.3 is 13.2 Å². The summed E-state index contributed by atoms with van der Waals surface area (Å²) in [5.41, 5.74) is -1.58. The van der Waals surface area contributed by atoms with Gasteiger partial charge in [-0.3, -0.25) is 9.78 Å². The van der Waals surface area contributed by atoms with E-state index in [2.05, 4.69) is 9.72 Å². The molecule has 4 nitrogen and oxygen atoms in total. The molecule has 1 aromatic heterocycles. The Bertz CT molecular complexity index is 1000. The number of carbonyl (C=O) groups is 1. The molecule has 162 valence electrons. The molecule has 31 heavy (non-hydrogen) atoms. The second kappa shape index (κ2) is 10.00. The van der Waals surface area contributed by atoms with Crippen molar-refractivity contribution >= 4 is 17.4 Å². The first-order chi connectivity index (χ1) is 14.8. The van der Waals surface area contributed by atoms with Gasteiger partial charge in [-0.1, -0.05) is 41.9 Å². The summed E-state index contributed by atoms with van der Waals surface area (Å²) in [6, 6.07) is 16.4. The maximum absolute atomic E-state index is 13.3. The van der Waals surface area contributed by atoms with Crippen LogP contribution in [-0.4, -0.2) is 30.6 Å². The smallest absolute Gasteiger partial charge is 0.319 e. The lowest BCUT2D eigenvalue weighted by Crippen LogP contribution is -2.39. The van der Waals surface area contributed by atoms with Crippen molar-refractivity contribution in [1.82, 2.24) is 4.98 Å². The molecule has 0 bridgehead atoms. The summed E-state index contributed by atoms with van der Waals surface area (Å²) in [5, 5.41) is 0.459. The van der Waals surface area contributed by atoms with Gasteiger partial charge in [0.05, 0.1) is 12.3 Å². The SMILES string of the molecule is O=C(c1ccc(Cl)cc1)c1ccc(C(COC(F)F)(OC(F)F)c2ccccc2)nc1. The highest BCUT2D eigenvalue weighted by atomic mass is 35.5. The molecule has 2 aromatic carbocycles. The number of pyridine rings is 1. The second-order valence-corrected chi connectivity index (χ2v) is 6.85. The summed E-state index contributed by atoms with van der Waals surface area (Å²) in [6.07, 6.45) is 1.17. The monoisotopic (exact) mass is 453 g/mol. The van der Waals surface area contributed by atoms with Crippen LogP contribution in [0.5, 0.6) is 0 Å². The minimum Gasteiger partial charge on any atom is -0.319 e. The van der Waals surface area contributed by atoms with Crippen molar-refractivity contribution in [2.75, 3.05) is 6.61 Å². The molecule has 0 amide bonds. The first-order valence-corrected chi connectivity index (χ1v) is 9.37. The average Bonchev–Trinajstić information content (AvgIpc) is 2.77. The molecule has 0 aliphatic carbocycles. The number of halogens is 5. The zero-order valence-electron chi connectivity index (χ0n) is 15.9. The van der Waals surface area contributed by atoms with Crippen molar-refractivity contribution in [3.63, 3.8) is 0 Å². The van der Waals surface area contributed by atoms with Crippen molar-refractivity contribution in [3.8, 4) is 0 Å². The van der Waals surface area contributed by atoms with E-state index >= 15 is 0 Å². The average molecular weight is 454 g/mol. The van der Waals surface area contributed by atoms with Gasteiger partial charge in [-0.05, 0) is 42.0 Å². The molecule has 0 aliphatic rings. The van der Waals surface area contributed by atoms with E-state index in [4.69, 9.17) is 16.3 Å². The number of benzene rings is 2. The fourth-order valence-electron chi connectivity index (χ4n) is 3.04. The molecule has 0 N–H and O–H groups in total. The Hall–Kier alpha value is -2.81. The normalized spacial score (nSPS) is 13.4. The topological polar surface area (TPSA) is 48.4 Å². The molecular weight excluding hydrogens is 438 g/mol. The van der Waals surface area contributed by atoms with E-state index in [1.54, 1.807) is 30.3 Å². The van der Waals surface area contributed by atoms with Crippen LogP contribution >= 0.6 is 11.6 Å². The molecule has 9 heteroatoms. The Morgan fingerprint density at radius 2 is 1.55 bits per heavy atom.